The second-order valence-electron chi connectivity index (χ2n) is 7.91. The SMILES string of the molecule is COC(=O)CC(Cc1n[nH]c(=O)s1)NC(=O)c1ccc(OCc2cc(C)nc3ccccc23)cc1. The van der Waals surface area contributed by atoms with Gasteiger partial charge in [-0.15, -0.1) is 0 Å². The minimum Gasteiger partial charge on any atom is -0.489 e. The molecule has 4 aromatic rings. The van der Waals surface area contributed by atoms with Gasteiger partial charge in [-0.05, 0) is 43.3 Å². The lowest BCUT2D eigenvalue weighted by atomic mass is 10.1. The van der Waals surface area contributed by atoms with Crippen molar-refractivity contribution in [2.45, 2.75) is 32.4 Å². The van der Waals surface area contributed by atoms with Gasteiger partial charge in [0.25, 0.3) is 5.91 Å². The fourth-order valence-corrected chi connectivity index (χ4v) is 4.35. The van der Waals surface area contributed by atoms with Crippen LogP contribution in [-0.4, -0.2) is 40.2 Å². The zero-order valence-corrected chi connectivity index (χ0v) is 20.1. The van der Waals surface area contributed by atoms with Crippen molar-refractivity contribution in [1.29, 1.82) is 0 Å². The maximum absolute atomic E-state index is 12.8. The van der Waals surface area contributed by atoms with E-state index in [1.54, 1.807) is 24.3 Å². The number of fused-ring (bicyclic) bond motifs is 1. The molecule has 4 rings (SSSR count). The number of rotatable bonds is 9. The first-order valence-electron chi connectivity index (χ1n) is 10.9. The number of nitrogens with one attached hydrogen (secondary N) is 2. The van der Waals surface area contributed by atoms with Crippen molar-refractivity contribution in [1.82, 2.24) is 20.5 Å². The van der Waals surface area contributed by atoms with E-state index in [0.29, 0.717) is 22.9 Å². The third-order valence-corrected chi connectivity index (χ3v) is 6.09. The summed E-state index contributed by atoms with van der Waals surface area (Å²) in [4.78, 5) is 40.2. The van der Waals surface area contributed by atoms with Gasteiger partial charge in [0.05, 0.1) is 19.0 Å². The molecule has 2 heterocycles. The molecule has 0 aliphatic heterocycles. The largest absolute Gasteiger partial charge is 0.489 e. The van der Waals surface area contributed by atoms with E-state index in [0.717, 1.165) is 33.5 Å². The molecule has 10 heteroatoms. The van der Waals surface area contributed by atoms with Crippen LogP contribution in [0.2, 0.25) is 0 Å². The molecule has 0 saturated carbocycles. The summed E-state index contributed by atoms with van der Waals surface area (Å²) in [7, 11) is 1.28. The summed E-state index contributed by atoms with van der Waals surface area (Å²) in [6.45, 7) is 2.31. The topological polar surface area (TPSA) is 123 Å². The maximum Gasteiger partial charge on any atom is 0.322 e. The Morgan fingerprint density at radius 1 is 1.14 bits per heavy atom. The Morgan fingerprint density at radius 3 is 2.63 bits per heavy atom. The van der Waals surface area contributed by atoms with Crippen LogP contribution >= 0.6 is 11.3 Å². The maximum atomic E-state index is 12.8. The number of pyridine rings is 1. The number of aromatic nitrogens is 3. The van der Waals surface area contributed by atoms with Crippen LogP contribution in [0.5, 0.6) is 5.75 Å². The number of H-pyrrole nitrogens is 1. The molecule has 2 aromatic carbocycles. The molecular formula is C25H24N4O5S. The molecule has 1 atom stereocenters. The summed E-state index contributed by atoms with van der Waals surface area (Å²) >= 11 is 0.935. The Labute approximate surface area is 205 Å². The molecule has 9 nitrogen and oxygen atoms in total. The Bertz CT molecular complexity index is 1400. The van der Waals surface area contributed by atoms with Gasteiger partial charge in [-0.2, -0.15) is 5.10 Å². The first-order chi connectivity index (χ1) is 16.9. The number of para-hydroxylation sites is 1. The van der Waals surface area contributed by atoms with Gasteiger partial charge in [0.15, 0.2) is 0 Å². The highest BCUT2D eigenvalue weighted by molar-refractivity contribution is 7.08. The smallest absolute Gasteiger partial charge is 0.322 e. The zero-order chi connectivity index (χ0) is 24.8. The number of esters is 1. The van der Waals surface area contributed by atoms with Crippen LogP contribution in [0, 0.1) is 6.92 Å². The Morgan fingerprint density at radius 2 is 1.91 bits per heavy atom. The Hall–Kier alpha value is -4.05. The van der Waals surface area contributed by atoms with Gasteiger partial charge >= 0.3 is 10.8 Å². The summed E-state index contributed by atoms with van der Waals surface area (Å²) < 4.78 is 10.7. The zero-order valence-electron chi connectivity index (χ0n) is 19.2. The van der Waals surface area contributed by atoms with Crippen LogP contribution < -0.4 is 14.9 Å². The molecule has 1 amide bonds. The lowest BCUT2D eigenvalue weighted by Gasteiger charge is -2.16. The molecular weight excluding hydrogens is 468 g/mol. The molecule has 0 saturated heterocycles. The van der Waals surface area contributed by atoms with Crippen molar-refractivity contribution < 1.29 is 19.1 Å². The number of carbonyl (C=O) groups is 2. The molecule has 0 fully saturated rings. The summed E-state index contributed by atoms with van der Waals surface area (Å²) in [5, 5.41) is 10.6. The van der Waals surface area contributed by atoms with E-state index in [2.05, 4.69) is 20.5 Å². The molecule has 0 radical (unpaired) electrons. The third-order valence-electron chi connectivity index (χ3n) is 5.32. The van der Waals surface area contributed by atoms with Crippen molar-refractivity contribution in [3.05, 3.63) is 86.1 Å². The first-order valence-corrected chi connectivity index (χ1v) is 11.7. The summed E-state index contributed by atoms with van der Waals surface area (Å²) in [6.07, 6.45) is 0.182. The lowest BCUT2D eigenvalue weighted by Crippen LogP contribution is -2.38. The van der Waals surface area contributed by atoms with Crippen molar-refractivity contribution >= 4 is 34.1 Å². The molecule has 0 aliphatic rings. The number of benzene rings is 2. The number of carbonyl (C=O) groups excluding carboxylic acids is 2. The molecule has 2 N–H and O–H groups in total. The van der Waals surface area contributed by atoms with Crippen LogP contribution in [0.3, 0.4) is 0 Å². The number of aromatic amines is 1. The van der Waals surface area contributed by atoms with Gasteiger partial charge in [0, 0.05) is 34.7 Å². The van der Waals surface area contributed by atoms with E-state index >= 15 is 0 Å². The van der Waals surface area contributed by atoms with Gasteiger partial charge in [0.1, 0.15) is 17.4 Å². The number of hydrogen-bond donors (Lipinski definition) is 2. The summed E-state index contributed by atoms with van der Waals surface area (Å²) in [5.41, 5.74) is 3.27. The molecule has 0 aliphatic carbocycles. The summed E-state index contributed by atoms with van der Waals surface area (Å²) in [6, 6.07) is 16.1. The number of amides is 1. The molecule has 0 bridgehead atoms. The van der Waals surface area contributed by atoms with Crippen molar-refractivity contribution in [2.75, 3.05) is 7.11 Å². The molecule has 1 unspecified atom stereocenters. The number of hydrogen-bond acceptors (Lipinski definition) is 8. The fourth-order valence-electron chi connectivity index (χ4n) is 3.66. The average molecular weight is 493 g/mol. The quantitative estimate of drug-likeness (QED) is 0.344. The highest BCUT2D eigenvalue weighted by Crippen LogP contribution is 2.21. The second kappa shape index (κ2) is 10.9. The standard InChI is InChI=1S/C25H24N4O5S/c1-15-11-17(20-5-3-4-6-21(20)26-15)14-34-19-9-7-16(8-10-19)24(31)27-18(13-23(30)33-2)12-22-28-29-25(32)35-22/h3-11,18H,12-14H2,1-2H3,(H,27,31)(H,29,32). The molecule has 2 aromatic heterocycles. The Balaban J connectivity index is 1.41. The normalized spacial score (nSPS) is 11.7. The van der Waals surface area contributed by atoms with Crippen LogP contribution in [-0.2, 0) is 22.6 Å². The van der Waals surface area contributed by atoms with Gasteiger partial charge in [-0.1, -0.05) is 29.5 Å². The fraction of sp³-hybridized carbons (Fsp3) is 0.240. The monoisotopic (exact) mass is 492 g/mol. The average Bonchev–Trinajstić information content (AvgIpc) is 3.26. The van der Waals surface area contributed by atoms with Crippen LogP contribution in [0.15, 0.2) is 59.4 Å². The van der Waals surface area contributed by atoms with Crippen molar-refractivity contribution in [3.8, 4) is 5.75 Å². The number of ether oxygens (including phenoxy) is 2. The van der Waals surface area contributed by atoms with Gasteiger partial charge < -0.3 is 14.8 Å². The van der Waals surface area contributed by atoms with E-state index in [-0.39, 0.29) is 23.6 Å². The van der Waals surface area contributed by atoms with E-state index in [9.17, 15) is 14.4 Å². The lowest BCUT2D eigenvalue weighted by molar-refractivity contribution is -0.141. The number of aryl methyl sites for hydroxylation is 1. The highest BCUT2D eigenvalue weighted by Gasteiger charge is 2.20. The van der Waals surface area contributed by atoms with E-state index < -0.39 is 12.0 Å². The molecule has 180 valence electrons. The Kier molecular flexibility index (Phi) is 7.51. The summed E-state index contributed by atoms with van der Waals surface area (Å²) in [5.74, 6) is -0.211. The van der Waals surface area contributed by atoms with E-state index in [1.165, 1.54) is 7.11 Å². The van der Waals surface area contributed by atoms with E-state index in [4.69, 9.17) is 9.47 Å². The number of methoxy groups -OCH3 is 1. The second-order valence-corrected chi connectivity index (χ2v) is 8.96. The minimum atomic E-state index is -0.576. The predicted molar refractivity (Wildman–Crippen MR) is 132 cm³/mol. The van der Waals surface area contributed by atoms with Crippen molar-refractivity contribution in [2.24, 2.45) is 0 Å². The molecule has 0 spiro atoms. The van der Waals surface area contributed by atoms with Crippen LogP contribution in [0.25, 0.3) is 10.9 Å². The van der Waals surface area contributed by atoms with Gasteiger partial charge in [-0.25, -0.2) is 5.10 Å². The van der Waals surface area contributed by atoms with Gasteiger partial charge in [0.2, 0.25) is 0 Å². The highest BCUT2D eigenvalue weighted by atomic mass is 32.1. The third kappa shape index (κ3) is 6.30. The minimum absolute atomic E-state index is 0.0451. The number of nitrogens with zero attached hydrogens (tertiary/aromatic N) is 2. The first kappa shape index (κ1) is 24.1. The van der Waals surface area contributed by atoms with E-state index in [1.807, 2.05) is 37.3 Å². The van der Waals surface area contributed by atoms with Crippen LogP contribution in [0.1, 0.15) is 33.0 Å². The molecule has 35 heavy (non-hydrogen) atoms. The van der Waals surface area contributed by atoms with Gasteiger partial charge in [-0.3, -0.25) is 19.4 Å². The predicted octanol–water partition coefficient (Wildman–Crippen LogP) is 3.17. The van der Waals surface area contributed by atoms with Crippen LogP contribution in [0.4, 0.5) is 0 Å². The van der Waals surface area contributed by atoms with Crippen molar-refractivity contribution in [3.63, 3.8) is 0 Å².